The van der Waals surface area contributed by atoms with E-state index in [0.29, 0.717) is 5.56 Å². The van der Waals surface area contributed by atoms with Gasteiger partial charge in [-0.15, -0.1) is 0 Å². The summed E-state index contributed by atoms with van der Waals surface area (Å²) in [7, 11) is 0. The Bertz CT molecular complexity index is 556. The molecule has 1 aliphatic carbocycles. The van der Waals surface area contributed by atoms with Crippen LogP contribution in [0.4, 0.5) is 0 Å². The molecule has 0 saturated heterocycles. The Kier molecular flexibility index (Phi) is 4.32. The number of phenols is 2. The van der Waals surface area contributed by atoms with Gasteiger partial charge < -0.3 is 26.4 Å². The number of carbonyl (C=O) groups is 2. The van der Waals surface area contributed by atoms with E-state index in [2.05, 4.69) is 5.32 Å². The monoisotopic (exact) mass is 294 g/mol. The Labute approximate surface area is 121 Å². The van der Waals surface area contributed by atoms with E-state index in [4.69, 9.17) is 10.8 Å². The minimum Gasteiger partial charge on any atom is -0.504 e. The number of carboxylic acids is 1. The molecule has 0 radical (unpaired) electrons. The molecule has 0 bridgehead atoms. The molecule has 0 heterocycles. The lowest BCUT2D eigenvalue weighted by Gasteiger charge is -2.17. The Balaban J connectivity index is 1.95. The van der Waals surface area contributed by atoms with Gasteiger partial charge in [0.1, 0.15) is 6.04 Å². The lowest BCUT2D eigenvalue weighted by atomic mass is 10.0. The molecule has 1 fully saturated rings. The zero-order valence-corrected chi connectivity index (χ0v) is 11.3. The van der Waals surface area contributed by atoms with Crippen LogP contribution in [0.15, 0.2) is 18.2 Å². The fraction of sp³-hybridized carbons (Fsp3) is 0.429. The Morgan fingerprint density at radius 2 is 1.95 bits per heavy atom. The van der Waals surface area contributed by atoms with Crippen molar-refractivity contribution in [3.8, 4) is 11.5 Å². The summed E-state index contributed by atoms with van der Waals surface area (Å²) >= 11 is 0. The van der Waals surface area contributed by atoms with E-state index < -0.39 is 24.0 Å². The summed E-state index contributed by atoms with van der Waals surface area (Å²) in [5.74, 6) is -2.16. The van der Waals surface area contributed by atoms with E-state index in [1.165, 1.54) is 18.2 Å². The number of hydrogen-bond donors (Lipinski definition) is 5. The number of carboxylic acid groups (broad SMARTS) is 1. The number of nitrogens with two attached hydrogens (primary N) is 1. The van der Waals surface area contributed by atoms with Crippen LogP contribution >= 0.6 is 0 Å². The van der Waals surface area contributed by atoms with Gasteiger partial charge in [0.15, 0.2) is 11.5 Å². The minimum atomic E-state index is -1.06. The number of phenolic OH excluding ortho intramolecular Hbond substituents is 2. The van der Waals surface area contributed by atoms with Crippen molar-refractivity contribution in [1.29, 1.82) is 0 Å². The van der Waals surface area contributed by atoms with Crippen LogP contribution in [0.5, 0.6) is 11.5 Å². The third-order valence-electron chi connectivity index (χ3n) is 3.49. The number of aromatic hydroxyl groups is 2. The molecule has 21 heavy (non-hydrogen) atoms. The van der Waals surface area contributed by atoms with Crippen molar-refractivity contribution >= 4 is 11.9 Å². The largest absolute Gasteiger partial charge is 0.504 e. The highest BCUT2D eigenvalue weighted by Crippen LogP contribution is 2.32. The summed E-state index contributed by atoms with van der Waals surface area (Å²) in [6.07, 6.45) is 1.72. The summed E-state index contributed by atoms with van der Waals surface area (Å²) in [6.45, 7) is 0. The first kappa shape index (κ1) is 15.1. The second kappa shape index (κ2) is 6.01. The molecule has 1 aromatic rings. The SMILES string of the molecule is N[C@@H](Cc1ccc(O)c(O)c1)C(=O)NC(C(=O)O)C1CC1. The number of hydrogen-bond acceptors (Lipinski definition) is 5. The third-order valence-corrected chi connectivity index (χ3v) is 3.49. The summed E-state index contributed by atoms with van der Waals surface area (Å²) in [5.41, 5.74) is 6.33. The molecule has 2 rings (SSSR count). The van der Waals surface area contributed by atoms with Gasteiger partial charge in [0.05, 0.1) is 6.04 Å². The maximum atomic E-state index is 11.9. The van der Waals surface area contributed by atoms with Crippen LogP contribution < -0.4 is 11.1 Å². The molecule has 1 saturated carbocycles. The smallest absolute Gasteiger partial charge is 0.326 e. The summed E-state index contributed by atoms with van der Waals surface area (Å²) < 4.78 is 0. The van der Waals surface area contributed by atoms with Gasteiger partial charge in [-0.1, -0.05) is 6.07 Å². The van der Waals surface area contributed by atoms with Crippen molar-refractivity contribution in [3.63, 3.8) is 0 Å². The fourth-order valence-corrected chi connectivity index (χ4v) is 2.11. The molecule has 0 aromatic heterocycles. The van der Waals surface area contributed by atoms with Gasteiger partial charge in [-0.05, 0) is 42.9 Å². The van der Waals surface area contributed by atoms with Crippen molar-refractivity contribution < 1.29 is 24.9 Å². The third kappa shape index (κ3) is 3.85. The minimum absolute atomic E-state index is 0.0173. The van der Waals surface area contributed by atoms with Crippen molar-refractivity contribution in [2.45, 2.75) is 31.3 Å². The molecular formula is C14H18N2O5. The predicted octanol–water partition coefficient (Wildman–Crippen LogP) is -0.0530. The van der Waals surface area contributed by atoms with E-state index in [9.17, 15) is 19.8 Å². The molecule has 1 aliphatic rings. The first-order valence-corrected chi connectivity index (χ1v) is 6.68. The van der Waals surface area contributed by atoms with Crippen molar-refractivity contribution in [1.82, 2.24) is 5.32 Å². The molecule has 7 heteroatoms. The van der Waals surface area contributed by atoms with Crippen LogP contribution in [-0.4, -0.2) is 39.3 Å². The number of aliphatic carboxylic acids is 1. The zero-order valence-electron chi connectivity index (χ0n) is 11.3. The highest BCUT2D eigenvalue weighted by molar-refractivity contribution is 5.87. The van der Waals surface area contributed by atoms with Crippen LogP contribution in [0.25, 0.3) is 0 Å². The fourth-order valence-electron chi connectivity index (χ4n) is 2.11. The molecule has 0 aliphatic heterocycles. The maximum Gasteiger partial charge on any atom is 0.326 e. The van der Waals surface area contributed by atoms with E-state index in [0.717, 1.165) is 12.8 Å². The van der Waals surface area contributed by atoms with E-state index in [1.807, 2.05) is 0 Å². The maximum absolute atomic E-state index is 11.9. The normalized spacial score (nSPS) is 17.0. The summed E-state index contributed by atoms with van der Waals surface area (Å²) in [5, 5.41) is 30.1. The number of amides is 1. The molecular weight excluding hydrogens is 276 g/mol. The summed E-state index contributed by atoms with van der Waals surface area (Å²) in [4.78, 5) is 23.0. The van der Waals surface area contributed by atoms with E-state index >= 15 is 0 Å². The second-order valence-electron chi connectivity index (χ2n) is 5.30. The quantitative estimate of drug-likeness (QED) is 0.467. The van der Waals surface area contributed by atoms with Gasteiger partial charge in [0, 0.05) is 0 Å². The molecule has 7 nitrogen and oxygen atoms in total. The van der Waals surface area contributed by atoms with Gasteiger partial charge in [-0.25, -0.2) is 4.79 Å². The Morgan fingerprint density at radius 3 is 2.48 bits per heavy atom. The van der Waals surface area contributed by atoms with Gasteiger partial charge in [0.2, 0.25) is 5.91 Å². The molecule has 114 valence electrons. The lowest BCUT2D eigenvalue weighted by Crippen LogP contribution is -2.50. The number of carbonyl (C=O) groups excluding carboxylic acids is 1. The number of rotatable bonds is 6. The van der Waals surface area contributed by atoms with Crippen LogP contribution in [0, 0.1) is 5.92 Å². The van der Waals surface area contributed by atoms with Gasteiger partial charge in [-0.2, -0.15) is 0 Å². The van der Waals surface area contributed by atoms with Crippen molar-refractivity contribution in [2.24, 2.45) is 11.7 Å². The van der Waals surface area contributed by atoms with E-state index in [1.54, 1.807) is 0 Å². The predicted molar refractivity (Wildman–Crippen MR) is 73.7 cm³/mol. The first-order valence-electron chi connectivity index (χ1n) is 6.68. The molecule has 1 aromatic carbocycles. The topological polar surface area (TPSA) is 133 Å². The highest BCUT2D eigenvalue weighted by Gasteiger charge is 2.37. The first-order chi connectivity index (χ1) is 9.88. The second-order valence-corrected chi connectivity index (χ2v) is 5.30. The molecule has 6 N–H and O–H groups in total. The lowest BCUT2D eigenvalue weighted by molar-refractivity contribution is -0.142. The molecule has 2 atom stereocenters. The average molecular weight is 294 g/mol. The van der Waals surface area contributed by atoms with E-state index in [-0.39, 0.29) is 23.8 Å². The zero-order chi connectivity index (χ0) is 15.6. The Morgan fingerprint density at radius 1 is 1.29 bits per heavy atom. The van der Waals surface area contributed by atoms with Crippen LogP contribution in [0.3, 0.4) is 0 Å². The average Bonchev–Trinajstić information content (AvgIpc) is 3.23. The number of benzene rings is 1. The summed E-state index contributed by atoms with van der Waals surface area (Å²) in [6, 6.07) is 2.35. The molecule has 0 spiro atoms. The van der Waals surface area contributed by atoms with Crippen LogP contribution in [-0.2, 0) is 16.0 Å². The van der Waals surface area contributed by atoms with Crippen molar-refractivity contribution in [2.75, 3.05) is 0 Å². The van der Waals surface area contributed by atoms with Crippen LogP contribution in [0.1, 0.15) is 18.4 Å². The Hall–Kier alpha value is -2.28. The van der Waals surface area contributed by atoms with Gasteiger partial charge in [0.25, 0.3) is 0 Å². The van der Waals surface area contributed by atoms with Gasteiger partial charge >= 0.3 is 5.97 Å². The number of nitrogens with one attached hydrogen (secondary N) is 1. The van der Waals surface area contributed by atoms with Crippen LogP contribution in [0.2, 0.25) is 0 Å². The standard InChI is InChI=1S/C14H18N2O5/c15-9(5-7-1-4-10(17)11(18)6-7)13(19)16-12(14(20)21)8-2-3-8/h1,4,6,8-9,12,17-18H,2-3,5,15H2,(H,16,19)(H,20,21)/t9-,12?/m0/s1. The van der Waals surface area contributed by atoms with Crippen molar-refractivity contribution in [3.05, 3.63) is 23.8 Å². The van der Waals surface area contributed by atoms with Gasteiger partial charge in [-0.3, -0.25) is 4.79 Å². The molecule has 1 unspecified atom stereocenters. The highest BCUT2D eigenvalue weighted by atomic mass is 16.4. The molecule has 1 amide bonds.